The lowest BCUT2D eigenvalue weighted by molar-refractivity contribution is -0.224. The molecule has 1 heterocycles. The van der Waals surface area contributed by atoms with E-state index in [0.29, 0.717) is 18.8 Å². The van der Waals surface area contributed by atoms with E-state index in [4.69, 9.17) is 23.7 Å². The summed E-state index contributed by atoms with van der Waals surface area (Å²) in [4.78, 5) is 12.6. The van der Waals surface area contributed by atoms with Crippen LogP contribution in [-0.2, 0) is 36.9 Å². The minimum atomic E-state index is -0.685. The number of esters is 1. The first-order valence-electron chi connectivity index (χ1n) is 12.3. The highest BCUT2D eigenvalue weighted by molar-refractivity contribution is 5.89. The largest absolute Gasteiger partial charge is 0.459 e. The molecule has 0 N–H and O–H groups in total. The van der Waals surface area contributed by atoms with Gasteiger partial charge in [-0.15, -0.1) is 0 Å². The molecule has 1 fully saturated rings. The Balaban J connectivity index is 1.52. The SMILES string of the molecule is CC(C)(C)O[C@H]1O[C@H](COC(=O)c2ccccc2)[C@@H](OCc2ccccc2)[C@@H]1OCc1ccccc1. The van der Waals surface area contributed by atoms with Crippen molar-refractivity contribution in [1.82, 2.24) is 0 Å². The lowest BCUT2D eigenvalue weighted by Crippen LogP contribution is -2.41. The highest BCUT2D eigenvalue weighted by atomic mass is 16.7. The third-order valence-corrected chi connectivity index (χ3v) is 5.70. The molecule has 3 aromatic rings. The molecule has 36 heavy (non-hydrogen) atoms. The molecule has 0 amide bonds. The fourth-order valence-electron chi connectivity index (χ4n) is 4.00. The lowest BCUT2D eigenvalue weighted by atomic mass is 10.1. The van der Waals surface area contributed by atoms with Gasteiger partial charge in [0.15, 0.2) is 6.29 Å². The predicted molar refractivity (Wildman–Crippen MR) is 136 cm³/mol. The Morgan fingerprint density at radius 3 is 1.78 bits per heavy atom. The van der Waals surface area contributed by atoms with E-state index in [2.05, 4.69) is 0 Å². The summed E-state index contributed by atoms with van der Waals surface area (Å²) in [5.74, 6) is -0.414. The molecule has 3 aromatic carbocycles. The summed E-state index contributed by atoms with van der Waals surface area (Å²) in [7, 11) is 0. The summed E-state index contributed by atoms with van der Waals surface area (Å²) < 4.78 is 30.9. The van der Waals surface area contributed by atoms with E-state index < -0.39 is 36.2 Å². The Morgan fingerprint density at radius 2 is 1.25 bits per heavy atom. The zero-order valence-electron chi connectivity index (χ0n) is 21.0. The molecule has 6 nitrogen and oxygen atoms in total. The molecular formula is C30H34O6. The molecule has 0 saturated carbocycles. The zero-order valence-corrected chi connectivity index (χ0v) is 21.0. The number of ether oxygens (including phenoxy) is 5. The Labute approximate surface area is 213 Å². The molecular weight excluding hydrogens is 456 g/mol. The topological polar surface area (TPSA) is 63.2 Å². The average Bonchev–Trinajstić information content (AvgIpc) is 3.20. The summed E-state index contributed by atoms with van der Waals surface area (Å²) in [5.41, 5.74) is 2.07. The van der Waals surface area contributed by atoms with E-state index in [-0.39, 0.29) is 6.61 Å². The fourth-order valence-corrected chi connectivity index (χ4v) is 4.00. The van der Waals surface area contributed by atoms with Gasteiger partial charge in [0.1, 0.15) is 24.9 Å². The number of carbonyl (C=O) groups is 1. The Kier molecular flexibility index (Phi) is 8.88. The van der Waals surface area contributed by atoms with Crippen molar-refractivity contribution in [3.05, 3.63) is 108 Å². The highest BCUT2D eigenvalue weighted by Gasteiger charge is 2.49. The highest BCUT2D eigenvalue weighted by Crippen LogP contribution is 2.32. The van der Waals surface area contributed by atoms with Crippen LogP contribution in [-0.4, -0.2) is 42.8 Å². The van der Waals surface area contributed by atoms with E-state index in [1.807, 2.05) is 87.5 Å². The van der Waals surface area contributed by atoms with E-state index in [1.54, 1.807) is 24.3 Å². The van der Waals surface area contributed by atoms with E-state index in [1.165, 1.54) is 0 Å². The van der Waals surface area contributed by atoms with Crippen molar-refractivity contribution in [3.63, 3.8) is 0 Å². The molecule has 0 aliphatic carbocycles. The first-order valence-corrected chi connectivity index (χ1v) is 12.3. The van der Waals surface area contributed by atoms with Gasteiger partial charge in [-0.1, -0.05) is 78.9 Å². The second kappa shape index (κ2) is 12.3. The van der Waals surface area contributed by atoms with Gasteiger partial charge in [0.25, 0.3) is 0 Å². The molecule has 0 bridgehead atoms. The normalized spacial score (nSPS) is 21.9. The molecule has 1 saturated heterocycles. The van der Waals surface area contributed by atoms with Crippen LogP contribution in [0.3, 0.4) is 0 Å². The van der Waals surface area contributed by atoms with Gasteiger partial charge in [-0.05, 0) is 44.0 Å². The number of hydrogen-bond donors (Lipinski definition) is 0. The quantitative estimate of drug-likeness (QED) is 0.347. The van der Waals surface area contributed by atoms with Crippen LogP contribution >= 0.6 is 0 Å². The molecule has 0 spiro atoms. The first kappa shape index (κ1) is 26.0. The number of hydrogen-bond acceptors (Lipinski definition) is 6. The summed E-state index contributed by atoms with van der Waals surface area (Å²) in [6.07, 6.45) is -2.28. The molecule has 0 aromatic heterocycles. The minimum absolute atomic E-state index is 0.0163. The molecule has 190 valence electrons. The van der Waals surface area contributed by atoms with Crippen LogP contribution in [0.5, 0.6) is 0 Å². The molecule has 6 heteroatoms. The van der Waals surface area contributed by atoms with Gasteiger partial charge in [-0.2, -0.15) is 0 Å². The maximum absolute atomic E-state index is 12.6. The lowest BCUT2D eigenvalue weighted by Gasteiger charge is -2.29. The Hall–Kier alpha value is -3.03. The van der Waals surface area contributed by atoms with Crippen LogP contribution in [0.2, 0.25) is 0 Å². The van der Waals surface area contributed by atoms with Crippen LogP contribution in [0.15, 0.2) is 91.0 Å². The molecule has 0 radical (unpaired) electrons. The third-order valence-electron chi connectivity index (χ3n) is 5.70. The second-order valence-corrected chi connectivity index (χ2v) is 9.76. The number of carbonyl (C=O) groups excluding carboxylic acids is 1. The smallest absolute Gasteiger partial charge is 0.338 e. The van der Waals surface area contributed by atoms with Crippen molar-refractivity contribution in [2.45, 2.75) is 64.2 Å². The van der Waals surface area contributed by atoms with Crippen molar-refractivity contribution in [3.8, 4) is 0 Å². The van der Waals surface area contributed by atoms with Crippen LogP contribution in [0.1, 0.15) is 42.3 Å². The van der Waals surface area contributed by atoms with E-state index >= 15 is 0 Å². The Bertz CT molecular complexity index is 1060. The van der Waals surface area contributed by atoms with E-state index in [9.17, 15) is 4.79 Å². The van der Waals surface area contributed by atoms with Gasteiger partial charge in [-0.25, -0.2) is 4.79 Å². The fraction of sp³-hybridized carbons (Fsp3) is 0.367. The second-order valence-electron chi connectivity index (χ2n) is 9.76. The van der Waals surface area contributed by atoms with Gasteiger partial charge in [0, 0.05) is 0 Å². The van der Waals surface area contributed by atoms with Crippen molar-refractivity contribution < 1.29 is 28.5 Å². The van der Waals surface area contributed by atoms with Gasteiger partial charge < -0.3 is 23.7 Å². The van der Waals surface area contributed by atoms with Crippen LogP contribution < -0.4 is 0 Å². The minimum Gasteiger partial charge on any atom is -0.459 e. The molecule has 1 aliphatic rings. The summed E-state index contributed by atoms with van der Waals surface area (Å²) in [6, 6.07) is 28.7. The van der Waals surface area contributed by atoms with Crippen molar-refractivity contribution in [2.24, 2.45) is 0 Å². The number of rotatable bonds is 10. The van der Waals surface area contributed by atoms with E-state index in [0.717, 1.165) is 11.1 Å². The monoisotopic (exact) mass is 490 g/mol. The average molecular weight is 491 g/mol. The molecule has 0 unspecified atom stereocenters. The van der Waals surface area contributed by atoms with Crippen molar-refractivity contribution in [2.75, 3.05) is 6.61 Å². The standard InChI is InChI=1S/C30H34O6/c1-30(2,3)36-29-27(33-20-23-15-9-5-10-16-23)26(32-19-22-13-7-4-8-14-22)25(35-29)21-34-28(31)24-17-11-6-12-18-24/h4-18,25-27,29H,19-21H2,1-3H3/t25-,26-,27+,29-/m1/s1. The third kappa shape index (κ3) is 7.48. The van der Waals surface area contributed by atoms with Gasteiger partial charge >= 0.3 is 5.97 Å². The summed E-state index contributed by atoms with van der Waals surface area (Å²) in [6.45, 7) is 6.65. The maximum Gasteiger partial charge on any atom is 0.338 e. The maximum atomic E-state index is 12.6. The first-order chi connectivity index (χ1) is 17.4. The summed E-state index contributed by atoms with van der Waals surface area (Å²) in [5, 5.41) is 0. The summed E-state index contributed by atoms with van der Waals surface area (Å²) >= 11 is 0. The van der Waals surface area contributed by atoms with Crippen molar-refractivity contribution >= 4 is 5.97 Å². The van der Waals surface area contributed by atoms with Crippen LogP contribution in [0.25, 0.3) is 0 Å². The van der Waals surface area contributed by atoms with Gasteiger partial charge in [-0.3, -0.25) is 0 Å². The zero-order chi connectivity index (χ0) is 25.4. The van der Waals surface area contributed by atoms with Crippen molar-refractivity contribution in [1.29, 1.82) is 0 Å². The van der Waals surface area contributed by atoms with Crippen LogP contribution in [0, 0.1) is 0 Å². The van der Waals surface area contributed by atoms with Crippen LogP contribution in [0.4, 0.5) is 0 Å². The molecule has 4 rings (SSSR count). The van der Waals surface area contributed by atoms with Gasteiger partial charge in [0.05, 0.1) is 24.4 Å². The molecule has 4 atom stereocenters. The predicted octanol–water partition coefficient (Wildman–Crippen LogP) is 5.55. The Morgan fingerprint density at radius 1 is 0.750 bits per heavy atom. The van der Waals surface area contributed by atoms with Gasteiger partial charge in [0.2, 0.25) is 0 Å². The molecule has 1 aliphatic heterocycles. The number of benzene rings is 3.